The van der Waals surface area contributed by atoms with E-state index in [9.17, 15) is 9.59 Å². The van der Waals surface area contributed by atoms with Gasteiger partial charge in [0.25, 0.3) is 5.91 Å². The Bertz CT molecular complexity index is 1170. The number of hydrogen-bond acceptors (Lipinski definition) is 5. The maximum absolute atomic E-state index is 13.2. The maximum atomic E-state index is 13.2. The van der Waals surface area contributed by atoms with E-state index in [1.807, 2.05) is 42.5 Å². The molecule has 2 aliphatic carbocycles. The predicted molar refractivity (Wildman–Crippen MR) is 122 cm³/mol. The third-order valence-corrected chi connectivity index (χ3v) is 6.29. The Balaban J connectivity index is 1.46. The molecular weight excluding hydrogens is 404 g/mol. The molecule has 32 heavy (non-hydrogen) atoms. The number of esters is 1. The van der Waals surface area contributed by atoms with Crippen molar-refractivity contribution < 1.29 is 18.7 Å². The van der Waals surface area contributed by atoms with E-state index in [0.717, 1.165) is 78.4 Å². The average Bonchev–Trinajstić information content (AvgIpc) is 3.51. The van der Waals surface area contributed by atoms with E-state index in [-0.39, 0.29) is 18.6 Å². The van der Waals surface area contributed by atoms with Gasteiger partial charge in [-0.2, -0.15) is 0 Å². The van der Waals surface area contributed by atoms with Crippen LogP contribution in [0.25, 0.3) is 22.6 Å². The van der Waals surface area contributed by atoms with Gasteiger partial charge in [0.15, 0.2) is 6.61 Å². The lowest BCUT2D eigenvalue weighted by Gasteiger charge is -2.22. The highest BCUT2D eigenvalue weighted by molar-refractivity contribution is 6.07. The van der Waals surface area contributed by atoms with Crippen molar-refractivity contribution in [3.05, 3.63) is 65.2 Å². The summed E-state index contributed by atoms with van der Waals surface area (Å²) < 4.78 is 11.0. The molecule has 164 valence electrons. The number of benzene rings is 1. The Hall–Kier alpha value is -3.41. The van der Waals surface area contributed by atoms with Crippen LogP contribution in [0.5, 0.6) is 0 Å². The standard InChI is InChI=1S/C26H26N2O4/c29-23(27-18-8-1-2-9-18)16-32-26(30)24-20-11-3-4-13-22(20)28-25-17(7-5-12-21(24)25)15-19-10-6-14-31-19/h3-4,6,10-11,13-15,18H,1-2,5,7-9,12,16H2,(H,27,29)/b17-15+. The molecule has 0 bridgehead atoms. The molecule has 1 fully saturated rings. The number of ether oxygens (including phenoxy) is 1. The Morgan fingerprint density at radius 2 is 1.94 bits per heavy atom. The predicted octanol–water partition coefficient (Wildman–Crippen LogP) is 4.92. The summed E-state index contributed by atoms with van der Waals surface area (Å²) in [7, 11) is 0. The van der Waals surface area contributed by atoms with E-state index in [2.05, 4.69) is 5.32 Å². The molecule has 6 nitrogen and oxygen atoms in total. The van der Waals surface area contributed by atoms with Crippen molar-refractivity contribution in [2.45, 2.75) is 51.0 Å². The van der Waals surface area contributed by atoms with Gasteiger partial charge < -0.3 is 14.5 Å². The average molecular weight is 431 g/mol. The third-order valence-electron chi connectivity index (χ3n) is 6.29. The Morgan fingerprint density at radius 3 is 2.75 bits per heavy atom. The van der Waals surface area contributed by atoms with E-state index >= 15 is 0 Å². The van der Waals surface area contributed by atoms with Crippen molar-refractivity contribution in [1.29, 1.82) is 0 Å². The summed E-state index contributed by atoms with van der Waals surface area (Å²) in [5.41, 5.74) is 3.99. The molecule has 5 rings (SSSR count). The first-order valence-electron chi connectivity index (χ1n) is 11.3. The highest BCUT2D eigenvalue weighted by Crippen LogP contribution is 2.36. The molecule has 1 amide bonds. The van der Waals surface area contributed by atoms with Gasteiger partial charge in [0.05, 0.1) is 23.0 Å². The molecule has 2 aliphatic rings. The monoisotopic (exact) mass is 430 g/mol. The van der Waals surface area contributed by atoms with Gasteiger partial charge in [-0.15, -0.1) is 0 Å². The zero-order chi connectivity index (χ0) is 21.9. The summed E-state index contributed by atoms with van der Waals surface area (Å²) in [6.07, 6.45) is 10.4. The number of carbonyl (C=O) groups excluding carboxylic acids is 2. The minimum Gasteiger partial charge on any atom is -0.465 e. The fourth-order valence-electron chi connectivity index (χ4n) is 4.80. The molecule has 1 N–H and O–H groups in total. The fraction of sp³-hybridized carbons (Fsp3) is 0.346. The van der Waals surface area contributed by atoms with Crippen LogP contribution in [0.4, 0.5) is 0 Å². The number of nitrogens with one attached hydrogen (secondary N) is 1. The van der Waals surface area contributed by atoms with Crippen LogP contribution in [0.3, 0.4) is 0 Å². The van der Waals surface area contributed by atoms with Crippen molar-refractivity contribution in [3.63, 3.8) is 0 Å². The number of carbonyl (C=O) groups is 2. The number of pyridine rings is 1. The van der Waals surface area contributed by atoms with Crippen LogP contribution in [-0.4, -0.2) is 29.5 Å². The molecule has 0 saturated heterocycles. The number of hydrogen-bond donors (Lipinski definition) is 1. The van der Waals surface area contributed by atoms with E-state index < -0.39 is 5.97 Å². The van der Waals surface area contributed by atoms with Gasteiger partial charge >= 0.3 is 5.97 Å². The summed E-state index contributed by atoms with van der Waals surface area (Å²) in [6.45, 7) is -0.268. The molecular formula is C26H26N2O4. The SMILES string of the molecule is O=C(COC(=O)c1c2c(nc3ccccc13)/C(=C/c1ccco1)CCC2)NC1CCCC1. The third kappa shape index (κ3) is 4.17. The van der Waals surface area contributed by atoms with Crippen molar-refractivity contribution >= 4 is 34.4 Å². The topological polar surface area (TPSA) is 81.4 Å². The Labute approximate surface area is 186 Å². The molecule has 1 saturated carbocycles. The van der Waals surface area contributed by atoms with Crippen LogP contribution in [0.2, 0.25) is 0 Å². The van der Waals surface area contributed by atoms with Crippen LogP contribution < -0.4 is 5.32 Å². The first-order chi connectivity index (χ1) is 15.7. The molecule has 2 heterocycles. The van der Waals surface area contributed by atoms with Gasteiger partial charge in [-0.25, -0.2) is 9.78 Å². The van der Waals surface area contributed by atoms with Crippen molar-refractivity contribution in [2.24, 2.45) is 0 Å². The maximum Gasteiger partial charge on any atom is 0.339 e. The van der Waals surface area contributed by atoms with Crippen molar-refractivity contribution in [1.82, 2.24) is 10.3 Å². The van der Waals surface area contributed by atoms with Crippen molar-refractivity contribution in [3.8, 4) is 0 Å². The minimum absolute atomic E-state index is 0.199. The Kier molecular flexibility index (Phi) is 5.75. The molecule has 2 aromatic heterocycles. The van der Waals surface area contributed by atoms with Gasteiger partial charge in [0.1, 0.15) is 5.76 Å². The second kappa shape index (κ2) is 8.99. The molecule has 6 heteroatoms. The highest BCUT2D eigenvalue weighted by atomic mass is 16.5. The number of allylic oxidation sites excluding steroid dienone is 1. The molecule has 3 aromatic rings. The van der Waals surface area contributed by atoms with Gasteiger partial charge in [0.2, 0.25) is 0 Å². The number of para-hydroxylation sites is 1. The lowest BCUT2D eigenvalue weighted by atomic mass is 9.86. The summed E-state index contributed by atoms with van der Waals surface area (Å²) in [4.78, 5) is 30.4. The van der Waals surface area contributed by atoms with E-state index in [4.69, 9.17) is 14.1 Å². The quantitative estimate of drug-likeness (QED) is 0.581. The van der Waals surface area contributed by atoms with Crippen LogP contribution in [-0.2, 0) is 16.0 Å². The molecule has 0 spiro atoms. The number of amides is 1. The van der Waals surface area contributed by atoms with Crippen molar-refractivity contribution in [2.75, 3.05) is 6.61 Å². The second-order valence-electron chi connectivity index (χ2n) is 8.49. The number of rotatable bonds is 5. The summed E-state index contributed by atoms with van der Waals surface area (Å²) in [5.74, 6) is 0.0482. The highest BCUT2D eigenvalue weighted by Gasteiger charge is 2.27. The zero-order valence-corrected chi connectivity index (χ0v) is 17.9. The number of aromatic nitrogens is 1. The van der Waals surface area contributed by atoms with E-state index in [1.165, 1.54) is 0 Å². The number of furan rings is 1. The van der Waals surface area contributed by atoms with E-state index in [1.54, 1.807) is 6.26 Å². The number of nitrogens with zero attached hydrogens (tertiary/aromatic N) is 1. The van der Waals surface area contributed by atoms with Crippen LogP contribution in [0.1, 0.15) is 65.9 Å². The largest absolute Gasteiger partial charge is 0.465 e. The molecule has 1 aromatic carbocycles. The molecule has 0 unspecified atom stereocenters. The summed E-state index contributed by atoms with van der Waals surface area (Å²) in [6, 6.07) is 11.5. The van der Waals surface area contributed by atoms with Crippen LogP contribution in [0.15, 0.2) is 47.1 Å². The minimum atomic E-state index is -0.472. The summed E-state index contributed by atoms with van der Waals surface area (Å²) >= 11 is 0. The Morgan fingerprint density at radius 1 is 1.09 bits per heavy atom. The summed E-state index contributed by atoms with van der Waals surface area (Å²) in [5, 5.41) is 3.73. The zero-order valence-electron chi connectivity index (χ0n) is 17.9. The lowest BCUT2D eigenvalue weighted by Crippen LogP contribution is -2.36. The first-order valence-corrected chi connectivity index (χ1v) is 11.3. The smallest absolute Gasteiger partial charge is 0.339 e. The molecule has 0 radical (unpaired) electrons. The van der Waals surface area contributed by atoms with Crippen LogP contribution in [0, 0.1) is 0 Å². The van der Waals surface area contributed by atoms with Gasteiger partial charge in [-0.3, -0.25) is 4.79 Å². The fourth-order valence-corrected chi connectivity index (χ4v) is 4.80. The van der Waals surface area contributed by atoms with Gasteiger partial charge in [-0.1, -0.05) is 31.0 Å². The normalized spacial score (nSPS) is 17.4. The lowest BCUT2D eigenvalue weighted by molar-refractivity contribution is -0.124. The van der Waals surface area contributed by atoms with Gasteiger partial charge in [0, 0.05) is 11.4 Å². The first kappa shape index (κ1) is 20.5. The van der Waals surface area contributed by atoms with E-state index in [0.29, 0.717) is 5.56 Å². The molecule has 0 aliphatic heterocycles. The van der Waals surface area contributed by atoms with Crippen LogP contribution >= 0.6 is 0 Å². The number of fused-ring (bicyclic) bond motifs is 2. The molecule has 0 atom stereocenters. The second-order valence-corrected chi connectivity index (χ2v) is 8.49. The van der Waals surface area contributed by atoms with Gasteiger partial charge in [-0.05, 0) is 67.5 Å².